The fourth-order valence-corrected chi connectivity index (χ4v) is 5.23. The van der Waals surface area contributed by atoms with Crippen LogP contribution in [0.1, 0.15) is 66.7 Å². The van der Waals surface area contributed by atoms with Gasteiger partial charge < -0.3 is 15.5 Å². The van der Waals surface area contributed by atoms with Crippen molar-refractivity contribution >= 4 is 0 Å². The quantitative estimate of drug-likeness (QED) is 0.749. The fraction of sp³-hybridized carbons (Fsp3) is 1.00. The minimum atomic E-state index is 0.362. The molecule has 4 saturated heterocycles. The summed E-state index contributed by atoms with van der Waals surface area (Å²) in [7, 11) is 0. The predicted molar refractivity (Wildman–Crippen MR) is 112 cm³/mol. The van der Waals surface area contributed by atoms with Gasteiger partial charge in [-0.25, -0.2) is 0 Å². The summed E-state index contributed by atoms with van der Waals surface area (Å²) in [5.41, 5.74) is 1.69. The lowest BCUT2D eigenvalue weighted by Gasteiger charge is -2.49. The van der Waals surface area contributed by atoms with Crippen LogP contribution in [-0.4, -0.2) is 73.7 Å². The SMILES string of the molecule is CC(C)(C)N1CCC2(CCCNC2)C1.CC(C)N1CCC2(CC1)CNC2. The van der Waals surface area contributed by atoms with Crippen LogP contribution in [0.3, 0.4) is 0 Å². The van der Waals surface area contributed by atoms with Gasteiger partial charge in [-0.15, -0.1) is 0 Å². The predicted octanol–water partition coefficient (Wildman–Crippen LogP) is 2.94. The van der Waals surface area contributed by atoms with Crippen molar-refractivity contribution in [2.24, 2.45) is 10.8 Å². The number of nitrogens with zero attached hydrogens (tertiary/aromatic N) is 2. The monoisotopic (exact) mass is 364 g/mol. The summed E-state index contributed by atoms with van der Waals surface area (Å²) in [6.07, 6.45) is 7.04. The molecular weight excluding hydrogens is 320 g/mol. The highest BCUT2D eigenvalue weighted by Crippen LogP contribution is 2.39. The van der Waals surface area contributed by atoms with Gasteiger partial charge in [0.05, 0.1) is 0 Å². The van der Waals surface area contributed by atoms with Crippen LogP contribution >= 0.6 is 0 Å². The molecule has 4 nitrogen and oxygen atoms in total. The van der Waals surface area contributed by atoms with Crippen LogP contribution in [0, 0.1) is 10.8 Å². The largest absolute Gasteiger partial charge is 0.316 e. The summed E-state index contributed by atoms with van der Waals surface area (Å²) in [5.74, 6) is 0. The zero-order valence-corrected chi connectivity index (χ0v) is 18.2. The van der Waals surface area contributed by atoms with Crippen molar-refractivity contribution in [3.05, 3.63) is 0 Å². The molecule has 4 aliphatic rings. The molecule has 4 heterocycles. The molecule has 0 amide bonds. The maximum Gasteiger partial charge on any atom is 0.0125 e. The molecule has 0 aliphatic carbocycles. The first-order chi connectivity index (χ1) is 12.2. The van der Waals surface area contributed by atoms with Gasteiger partial charge in [0.25, 0.3) is 0 Å². The average Bonchev–Trinajstić information content (AvgIpc) is 2.98. The van der Waals surface area contributed by atoms with Crippen LogP contribution in [0.15, 0.2) is 0 Å². The van der Waals surface area contributed by atoms with E-state index in [0.29, 0.717) is 16.4 Å². The molecule has 4 aliphatic heterocycles. The van der Waals surface area contributed by atoms with Crippen molar-refractivity contribution in [3.8, 4) is 0 Å². The van der Waals surface area contributed by atoms with Gasteiger partial charge in [0.2, 0.25) is 0 Å². The summed E-state index contributed by atoms with van der Waals surface area (Å²) >= 11 is 0. The maximum atomic E-state index is 3.56. The molecule has 4 rings (SSSR count). The molecular formula is C22H44N4. The van der Waals surface area contributed by atoms with Gasteiger partial charge in [-0.1, -0.05) is 0 Å². The Bertz CT molecular complexity index is 434. The summed E-state index contributed by atoms with van der Waals surface area (Å²) < 4.78 is 0. The normalized spacial score (nSPS) is 32.5. The van der Waals surface area contributed by atoms with Crippen LogP contribution in [0.4, 0.5) is 0 Å². The second kappa shape index (κ2) is 8.06. The third-order valence-corrected chi connectivity index (χ3v) is 7.54. The smallest absolute Gasteiger partial charge is 0.0125 e. The third-order valence-electron chi connectivity index (χ3n) is 7.54. The van der Waals surface area contributed by atoms with E-state index in [0.717, 1.165) is 6.04 Å². The Hall–Kier alpha value is -0.160. The maximum absolute atomic E-state index is 3.56. The van der Waals surface area contributed by atoms with Gasteiger partial charge in [-0.2, -0.15) is 0 Å². The van der Waals surface area contributed by atoms with Crippen molar-refractivity contribution in [2.45, 2.75) is 78.3 Å². The van der Waals surface area contributed by atoms with E-state index >= 15 is 0 Å². The molecule has 1 atom stereocenters. The average molecular weight is 365 g/mol. The lowest BCUT2D eigenvalue weighted by molar-refractivity contribution is 0.0418. The van der Waals surface area contributed by atoms with Crippen LogP contribution in [0.2, 0.25) is 0 Å². The standard InChI is InChI=1S/C12H24N2.C10H20N2/c1-11(2,3)14-8-6-12(10-14)5-4-7-13-9-12;1-9(2)12-5-3-10(4-6-12)7-11-8-10/h13H,4-10H2,1-3H3;9,11H,3-8H2,1-2H3. The van der Waals surface area contributed by atoms with Crippen LogP contribution < -0.4 is 10.6 Å². The highest BCUT2D eigenvalue weighted by atomic mass is 15.2. The molecule has 1 unspecified atom stereocenters. The van der Waals surface area contributed by atoms with Gasteiger partial charge in [-0.3, -0.25) is 4.90 Å². The Labute approximate surface area is 162 Å². The van der Waals surface area contributed by atoms with Gasteiger partial charge >= 0.3 is 0 Å². The summed E-state index contributed by atoms with van der Waals surface area (Å²) in [5, 5.41) is 6.96. The Kier molecular flexibility index (Phi) is 6.38. The molecule has 0 bridgehead atoms. The van der Waals surface area contributed by atoms with Gasteiger partial charge in [-0.05, 0) is 104 Å². The first-order valence-corrected chi connectivity index (χ1v) is 11.1. The van der Waals surface area contributed by atoms with Crippen LogP contribution in [0.5, 0.6) is 0 Å². The first-order valence-electron chi connectivity index (χ1n) is 11.1. The highest BCUT2D eigenvalue weighted by Gasteiger charge is 2.42. The summed E-state index contributed by atoms with van der Waals surface area (Å²) in [4.78, 5) is 5.25. The molecule has 0 saturated carbocycles. The molecule has 2 spiro atoms. The molecule has 4 heteroatoms. The lowest BCUT2D eigenvalue weighted by atomic mass is 9.73. The lowest BCUT2D eigenvalue weighted by Crippen LogP contribution is -2.58. The molecule has 0 aromatic carbocycles. The molecule has 0 radical (unpaired) electrons. The van der Waals surface area contributed by atoms with Gasteiger partial charge in [0.15, 0.2) is 0 Å². The number of nitrogens with one attached hydrogen (secondary N) is 2. The van der Waals surface area contributed by atoms with E-state index in [-0.39, 0.29) is 0 Å². The van der Waals surface area contributed by atoms with Crippen molar-refractivity contribution in [3.63, 3.8) is 0 Å². The molecule has 2 N–H and O–H groups in total. The minimum absolute atomic E-state index is 0.362. The fourth-order valence-electron chi connectivity index (χ4n) is 5.23. The summed E-state index contributed by atoms with van der Waals surface area (Å²) in [6, 6.07) is 0.746. The Morgan fingerprint density at radius 2 is 1.42 bits per heavy atom. The van der Waals surface area contributed by atoms with Gasteiger partial charge in [0, 0.05) is 37.8 Å². The molecule has 26 heavy (non-hydrogen) atoms. The Morgan fingerprint density at radius 1 is 0.808 bits per heavy atom. The van der Waals surface area contributed by atoms with Crippen molar-refractivity contribution in [2.75, 3.05) is 52.4 Å². The Balaban J connectivity index is 0.000000152. The van der Waals surface area contributed by atoms with E-state index in [2.05, 4.69) is 55.1 Å². The van der Waals surface area contributed by atoms with E-state index in [9.17, 15) is 0 Å². The number of hydrogen-bond acceptors (Lipinski definition) is 4. The third kappa shape index (κ3) is 4.81. The van der Waals surface area contributed by atoms with E-state index in [1.54, 1.807) is 0 Å². The Morgan fingerprint density at radius 3 is 1.85 bits per heavy atom. The van der Waals surface area contributed by atoms with Crippen molar-refractivity contribution in [1.29, 1.82) is 0 Å². The molecule has 0 aromatic rings. The second-order valence-corrected chi connectivity index (χ2v) is 10.9. The zero-order chi connectivity index (χ0) is 18.8. The van der Waals surface area contributed by atoms with Crippen LogP contribution in [0.25, 0.3) is 0 Å². The van der Waals surface area contributed by atoms with E-state index in [1.807, 2.05) is 0 Å². The molecule has 0 aromatic heterocycles. The first kappa shape index (κ1) is 20.6. The van der Waals surface area contributed by atoms with Crippen molar-refractivity contribution in [1.82, 2.24) is 20.4 Å². The van der Waals surface area contributed by atoms with E-state index < -0.39 is 0 Å². The van der Waals surface area contributed by atoms with Gasteiger partial charge in [0.1, 0.15) is 0 Å². The second-order valence-electron chi connectivity index (χ2n) is 10.9. The minimum Gasteiger partial charge on any atom is -0.316 e. The topological polar surface area (TPSA) is 30.5 Å². The van der Waals surface area contributed by atoms with E-state index in [1.165, 1.54) is 84.5 Å². The highest BCUT2D eigenvalue weighted by molar-refractivity contribution is 4.97. The number of piperidine rings is 2. The number of likely N-dealkylation sites (tertiary alicyclic amines) is 2. The number of rotatable bonds is 1. The molecule has 152 valence electrons. The molecule has 4 fully saturated rings. The van der Waals surface area contributed by atoms with Crippen molar-refractivity contribution < 1.29 is 0 Å². The van der Waals surface area contributed by atoms with Crippen LogP contribution in [-0.2, 0) is 0 Å². The summed E-state index contributed by atoms with van der Waals surface area (Å²) in [6.45, 7) is 21.9. The number of hydrogen-bond donors (Lipinski definition) is 2. The zero-order valence-electron chi connectivity index (χ0n) is 18.2. The van der Waals surface area contributed by atoms with E-state index in [4.69, 9.17) is 0 Å².